The first-order chi connectivity index (χ1) is 8.38. The van der Waals surface area contributed by atoms with Crippen molar-refractivity contribution in [3.8, 4) is 0 Å². The van der Waals surface area contributed by atoms with Gasteiger partial charge in [0.15, 0.2) is 0 Å². The summed E-state index contributed by atoms with van der Waals surface area (Å²) in [6.45, 7) is 0. The first-order valence-corrected chi connectivity index (χ1v) is 6.42. The minimum absolute atomic E-state index is 0.783. The van der Waals surface area contributed by atoms with E-state index in [0.717, 1.165) is 12.2 Å². The van der Waals surface area contributed by atoms with Gasteiger partial charge in [0, 0.05) is 5.75 Å². The highest BCUT2D eigenvalue weighted by Gasteiger charge is 1.95. The monoisotopic (exact) mass is 240 g/mol. The molecule has 0 aliphatic rings. The summed E-state index contributed by atoms with van der Waals surface area (Å²) in [5, 5.41) is 0. The van der Waals surface area contributed by atoms with Gasteiger partial charge in [0.25, 0.3) is 0 Å². The third kappa shape index (κ3) is 3.79. The lowest BCUT2D eigenvalue weighted by atomic mass is 10.0. The average Bonchev–Trinajstić information content (AvgIpc) is 2.39. The Balaban J connectivity index is 2.06. The molecule has 0 radical (unpaired) electrons. The molecule has 0 nitrogen and oxygen atoms in total. The van der Waals surface area contributed by atoms with E-state index < -0.39 is 0 Å². The van der Waals surface area contributed by atoms with Crippen LogP contribution in [0.4, 0.5) is 0 Å². The predicted octanol–water partition coefficient (Wildman–Crippen LogP) is 4.22. The van der Waals surface area contributed by atoms with Crippen LogP contribution in [0.3, 0.4) is 0 Å². The second-order valence-electron chi connectivity index (χ2n) is 3.99. The molecule has 0 aliphatic carbocycles. The van der Waals surface area contributed by atoms with Crippen molar-refractivity contribution < 1.29 is 0 Å². The van der Waals surface area contributed by atoms with Crippen LogP contribution in [0.5, 0.6) is 0 Å². The summed E-state index contributed by atoms with van der Waals surface area (Å²) in [6, 6.07) is 19.2. The van der Waals surface area contributed by atoms with Crippen molar-refractivity contribution in [3.63, 3.8) is 0 Å². The lowest BCUT2D eigenvalue weighted by Crippen LogP contribution is -1.87. The maximum Gasteiger partial charge on any atom is 0.00858 e. The molecule has 0 unspecified atom stereocenters. The zero-order valence-corrected chi connectivity index (χ0v) is 10.6. The minimum Gasteiger partial charge on any atom is -0.175 e. The molecule has 0 saturated heterocycles. The Bertz CT molecular complexity index is 469. The summed E-state index contributed by atoms with van der Waals surface area (Å²) >= 11 is 4.15. The van der Waals surface area contributed by atoms with Crippen LogP contribution in [0.2, 0.25) is 0 Å². The largest absolute Gasteiger partial charge is 0.175 e. The lowest BCUT2D eigenvalue weighted by molar-refractivity contribution is 1.19. The van der Waals surface area contributed by atoms with E-state index in [2.05, 4.69) is 79.4 Å². The molecule has 86 valence electrons. The summed E-state index contributed by atoms with van der Waals surface area (Å²) in [4.78, 5) is 0. The number of hydrogen-bond donors (Lipinski definition) is 1. The SMILES string of the molecule is SCC=Cc1ccc(Cc2ccccc2)cc1. The van der Waals surface area contributed by atoms with Crippen LogP contribution in [-0.2, 0) is 6.42 Å². The lowest BCUT2D eigenvalue weighted by Gasteiger charge is -2.02. The van der Waals surface area contributed by atoms with Crippen molar-refractivity contribution in [1.82, 2.24) is 0 Å². The Hall–Kier alpha value is -1.47. The molecule has 1 heteroatoms. The van der Waals surface area contributed by atoms with Crippen LogP contribution in [-0.4, -0.2) is 5.75 Å². The second kappa shape index (κ2) is 6.31. The van der Waals surface area contributed by atoms with Gasteiger partial charge < -0.3 is 0 Å². The fraction of sp³-hybridized carbons (Fsp3) is 0.125. The molecule has 0 atom stereocenters. The Morgan fingerprint density at radius 2 is 1.47 bits per heavy atom. The van der Waals surface area contributed by atoms with Crippen LogP contribution in [0.15, 0.2) is 60.7 Å². The molecule has 0 saturated carbocycles. The van der Waals surface area contributed by atoms with Crippen molar-refractivity contribution in [2.24, 2.45) is 0 Å². The van der Waals surface area contributed by atoms with Gasteiger partial charge in [-0.05, 0) is 23.1 Å². The molecular weight excluding hydrogens is 224 g/mol. The molecule has 2 aromatic rings. The maximum absolute atomic E-state index is 4.15. The average molecular weight is 240 g/mol. The maximum atomic E-state index is 4.15. The first kappa shape index (κ1) is 12.0. The van der Waals surface area contributed by atoms with Crippen molar-refractivity contribution in [2.45, 2.75) is 6.42 Å². The summed E-state index contributed by atoms with van der Waals surface area (Å²) in [6.07, 6.45) is 5.14. The first-order valence-electron chi connectivity index (χ1n) is 5.79. The normalized spacial score (nSPS) is 10.9. The highest BCUT2D eigenvalue weighted by Crippen LogP contribution is 2.11. The molecule has 0 aliphatic heterocycles. The Labute approximate surface area is 108 Å². The summed E-state index contributed by atoms with van der Waals surface area (Å²) in [7, 11) is 0. The third-order valence-electron chi connectivity index (χ3n) is 2.65. The minimum atomic E-state index is 0.783. The molecule has 0 fully saturated rings. The van der Waals surface area contributed by atoms with Gasteiger partial charge in [-0.25, -0.2) is 0 Å². The van der Waals surface area contributed by atoms with Gasteiger partial charge in [-0.2, -0.15) is 12.6 Å². The molecule has 0 bridgehead atoms. The van der Waals surface area contributed by atoms with E-state index in [1.54, 1.807) is 0 Å². The smallest absolute Gasteiger partial charge is 0.00858 e. The van der Waals surface area contributed by atoms with E-state index in [1.807, 2.05) is 0 Å². The van der Waals surface area contributed by atoms with Crippen molar-refractivity contribution >= 4 is 18.7 Å². The Morgan fingerprint density at radius 3 is 2.12 bits per heavy atom. The van der Waals surface area contributed by atoms with E-state index in [-0.39, 0.29) is 0 Å². The molecule has 0 heterocycles. The van der Waals surface area contributed by atoms with E-state index in [0.29, 0.717) is 0 Å². The molecule has 2 rings (SSSR count). The fourth-order valence-corrected chi connectivity index (χ4v) is 1.87. The highest BCUT2D eigenvalue weighted by atomic mass is 32.1. The quantitative estimate of drug-likeness (QED) is 0.760. The van der Waals surface area contributed by atoms with Crippen molar-refractivity contribution in [2.75, 3.05) is 5.75 Å². The zero-order chi connectivity index (χ0) is 11.9. The van der Waals surface area contributed by atoms with Crippen LogP contribution in [0.25, 0.3) is 6.08 Å². The van der Waals surface area contributed by atoms with Gasteiger partial charge >= 0.3 is 0 Å². The van der Waals surface area contributed by atoms with Crippen LogP contribution >= 0.6 is 12.6 Å². The van der Waals surface area contributed by atoms with Crippen LogP contribution in [0, 0.1) is 0 Å². The van der Waals surface area contributed by atoms with Crippen LogP contribution in [0.1, 0.15) is 16.7 Å². The van der Waals surface area contributed by atoms with Crippen LogP contribution < -0.4 is 0 Å². The third-order valence-corrected chi connectivity index (χ3v) is 2.86. The van der Waals surface area contributed by atoms with E-state index in [9.17, 15) is 0 Å². The number of rotatable bonds is 4. The Kier molecular flexibility index (Phi) is 4.45. The van der Waals surface area contributed by atoms with Crippen molar-refractivity contribution in [1.29, 1.82) is 0 Å². The van der Waals surface area contributed by atoms with E-state index in [1.165, 1.54) is 16.7 Å². The standard InChI is InChI=1S/C16H16S/c17-12-4-7-14-8-10-16(11-9-14)13-15-5-2-1-3-6-15/h1-11,17H,12-13H2. The zero-order valence-electron chi connectivity index (χ0n) is 9.71. The van der Waals surface area contributed by atoms with Gasteiger partial charge in [0.05, 0.1) is 0 Å². The Morgan fingerprint density at radius 1 is 0.824 bits per heavy atom. The van der Waals surface area contributed by atoms with E-state index in [4.69, 9.17) is 0 Å². The molecule has 0 aromatic heterocycles. The van der Waals surface area contributed by atoms with E-state index >= 15 is 0 Å². The fourth-order valence-electron chi connectivity index (χ4n) is 1.77. The number of thiol groups is 1. The van der Waals surface area contributed by atoms with Gasteiger partial charge in [-0.15, -0.1) is 0 Å². The number of benzene rings is 2. The molecular formula is C16H16S. The summed E-state index contributed by atoms with van der Waals surface area (Å²) in [5.41, 5.74) is 3.93. The van der Waals surface area contributed by atoms with Gasteiger partial charge in [0.1, 0.15) is 0 Å². The molecule has 0 N–H and O–H groups in total. The molecule has 0 spiro atoms. The second-order valence-corrected chi connectivity index (χ2v) is 4.35. The molecule has 17 heavy (non-hydrogen) atoms. The molecule has 2 aromatic carbocycles. The molecule has 0 amide bonds. The highest BCUT2D eigenvalue weighted by molar-refractivity contribution is 7.80. The topological polar surface area (TPSA) is 0 Å². The summed E-state index contributed by atoms with van der Waals surface area (Å²) < 4.78 is 0. The number of hydrogen-bond acceptors (Lipinski definition) is 1. The van der Waals surface area contributed by atoms with Gasteiger partial charge in [-0.3, -0.25) is 0 Å². The van der Waals surface area contributed by atoms with Crippen molar-refractivity contribution in [3.05, 3.63) is 77.4 Å². The van der Waals surface area contributed by atoms with Gasteiger partial charge in [0.2, 0.25) is 0 Å². The van der Waals surface area contributed by atoms with Gasteiger partial charge in [-0.1, -0.05) is 66.7 Å². The predicted molar refractivity (Wildman–Crippen MR) is 78.6 cm³/mol. The summed E-state index contributed by atoms with van der Waals surface area (Å²) in [5.74, 6) is 0.783.